The maximum Gasteiger partial charge on any atom is 0.145 e. The van der Waals surface area contributed by atoms with Crippen molar-refractivity contribution in [3.8, 4) is 22.9 Å². The van der Waals surface area contributed by atoms with Crippen molar-refractivity contribution < 1.29 is 14.4 Å². The number of anilines is 1. The number of phenolic OH excluding ortho intramolecular Hbond substituents is 2. The molecule has 148 valence electrons. The molecule has 1 aromatic heterocycles. The van der Waals surface area contributed by atoms with Crippen LogP contribution in [-0.2, 0) is 10.8 Å². The summed E-state index contributed by atoms with van der Waals surface area (Å²) < 4.78 is 11.6. The van der Waals surface area contributed by atoms with Gasteiger partial charge in [-0.2, -0.15) is 0 Å². The molecular weight excluding hydrogens is 386 g/mol. The molecule has 7 heteroatoms. The molecule has 4 aromatic rings. The van der Waals surface area contributed by atoms with E-state index in [1.54, 1.807) is 24.6 Å². The largest absolute Gasteiger partial charge is 0.508 e. The Kier molecular flexibility index (Phi) is 4.98. The van der Waals surface area contributed by atoms with Crippen LogP contribution in [0.2, 0.25) is 0 Å². The maximum atomic E-state index is 10.4. The van der Waals surface area contributed by atoms with Gasteiger partial charge in [0.25, 0.3) is 0 Å². The van der Waals surface area contributed by atoms with Crippen LogP contribution in [-0.4, -0.2) is 36.5 Å². The summed E-state index contributed by atoms with van der Waals surface area (Å²) in [5.41, 5.74) is 4.55. The van der Waals surface area contributed by atoms with Crippen molar-refractivity contribution in [1.29, 1.82) is 0 Å². The summed E-state index contributed by atoms with van der Waals surface area (Å²) in [6, 6.07) is 20.6. The van der Waals surface area contributed by atoms with E-state index in [0.29, 0.717) is 5.56 Å². The molecule has 0 unspecified atom stereocenters. The second kappa shape index (κ2) is 7.60. The highest BCUT2D eigenvalue weighted by Gasteiger charge is 2.29. The molecule has 5 rings (SSSR count). The smallest absolute Gasteiger partial charge is 0.145 e. The summed E-state index contributed by atoms with van der Waals surface area (Å²) in [6.07, 6.45) is 2.96. The number of nitrogens with one attached hydrogen (secondary N) is 1. The Morgan fingerprint density at radius 2 is 1.69 bits per heavy atom. The lowest BCUT2D eigenvalue weighted by Gasteiger charge is -2.30. The lowest BCUT2D eigenvalue weighted by molar-refractivity contribution is 0.440. The molecule has 6 nitrogen and oxygen atoms in total. The summed E-state index contributed by atoms with van der Waals surface area (Å²) in [4.78, 5) is 4.81. The topological polar surface area (TPSA) is 87.4 Å². The highest BCUT2D eigenvalue weighted by atomic mass is 32.2. The van der Waals surface area contributed by atoms with E-state index in [4.69, 9.17) is 4.98 Å². The van der Waals surface area contributed by atoms with Gasteiger partial charge in [0.2, 0.25) is 0 Å². The molecule has 0 fully saturated rings. The number of nitrogens with zero attached hydrogens (tertiary/aromatic N) is 2. The monoisotopic (exact) mass is 407 g/mol. The Morgan fingerprint density at radius 3 is 2.45 bits per heavy atom. The van der Waals surface area contributed by atoms with Gasteiger partial charge in [0, 0.05) is 46.2 Å². The second-order valence-corrected chi connectivity index (χ2v) is 8.35. The summed E-state index contributed by atoms with van der Waals surface area (Å²) in [6.45, 7) is 0. The predicted octanol–water partition coefficient (Wildman–Crippen LogP) is 4.08. The minimum Gasteiger partial charge on any atom is -0.508 e. The number of imidazole rings is 1. The fraction of sp³-hybridized carbons (Fsp3) is 0.136. The molecule has 2 heterocycles. The fourth-order valence-electron chi connectivity index (χ4n) is 3.49. The van der Waals surface area contributed by atoms with E-state index < -0.39 is 10.8 Å². The van der Waals surface area contributed by atoms with Crippen LogP contribution >= 0.6 is 0 Å². The van der Waals surface area contributed by atoms with Crippen LogP contribution < -0.4 is 5.32 Å². The molecule has 1 aliphatic rings. The van der Waals surface area contributed by atoms with Crippen LogP contribution in [0.5, 0.6) is 11.5 Å². The number of rotatable bonds is 1. The third-order valence-corrected chi connectivity index (χ3v) is 4.62. The van der Waals surface area contributed by atoms with Crippen LogP contribution in [0.4, 0.5) is 5.69 Å². The van der Waals surface area contributed by atoms with Crippen molar-refractivity contribution in [2.24, 2.45) is 0 Å². The van der Waals surface area contributed by atoms with Gasteiger partial charge in [-0.1, -0.05) is 24.3 Å². The van der Waals surface area contributed by atoms with Crippen molar-refractivity contribution in [2.75, 3.05) is 17.8 Å². The Bertz CT molecular complexity index is 1220. The first-order valence-electron chi connectivity index (χ1n) is 9.05. The van der Waals surface area contributed by atoms with Crippen LogP contribution in [0.15, 0.2) is 66.7 Å². The molecule has 29 heavy (non-hydrogen) atoms. The highest BCUT2D eigenvalue weighted by Crippen LogP contribution is 2.42. The summed E-state index contributed by atoms with van der Waals surface area (Å²) in [7, 11) is -0.611. The highest BCUT2D eigenvalue weighted by molar-refractivity contribution is 7.83. The SMILES string of the molecule is CS(C)=O.Oc1ccc([C@@H]2Nc3ccccc3-c3nc4ccccc4n32)c(O)c1. The van der Waals surface area contributed by atoms with Gasteiger partial charge in [-0.25, -0.2) is 4.98 Å². The number of fused-ring (bicyclic) bond motifs is 5. The van der Waals surface area contributed by atoms with Gasteiger partial charge in [-0.05, 0) is 36.4 Å². The molecule has 0 radical (unpaired) electrons. The van der Waals surface area contributed by atoms with Crippen molar-refractivity contribution in [3.05, 3.63) is 72.3 Å². The zero-order valence-corrected chi connectivity index (χ0v) is 16.9. The molecule has 0 spiro atoms. The van der Waals surface area contributed by atoms with Gasteiger partial charge in [0.15, 0.2) is 0 Å². The van der Waals surface area contributed by atoms with Gasteiger partial charge >= 0.3 is 0 Å². The lowest BCUT2D eigenvalue weighted by atomic mass is 10.0. The number of hydrogen-bond acceptors (Lipinski definition) is 5. The zero-order chi connectivity index (χ0) is 20.5. The quantitative estimate of drug-likeness (QED) is 0.443. The minimum absolute atomic E-state index is 0.0353. The van der Waals surface area contributed by atoms with Crippen molar-refractivity contribution in [2.45, 2.75) is 6.17 Å². The van der Waals surface area contributed by atoms with Crippen molar-refractivity contribution in [3.63, 3.8) is 0 Å². The number of aromatic hydroxyl groups is 2. The summed E-state index contributed by atoms with van der Waals surface area (Å²) >= 11 is 0. The van der Waals surface area contributed by atoms with Gasteiger partial charge in [0.1, 0.15) is 23.5 Å². The Hall–Kier alpha value is -3.32. The van der Waals surface area contributed by atoms with E-state index in [1.165, 1.54) is 6.07 Å². The van der Waals surface area contributed by atoms with E-state index in [0.717, 1.165) is 28.1 Å². The molecule has 0 bridgehead atoms. The van der Waals surface area contributed by atoms with Crippen LogP contribution in [0.3, 0.4) is 0 Å². The van der Waals surface area contributed by atoms with Crippen LogP contribution in [0.25, 0.3) is 22.4 Å². The minimum atomic E-state index is -0.611. The fourth-order valence-corrected chi connectivity index (χ4v) is 3.49. The van der Waals surface area contributed by atoms with Gasteiger partial charge < -0.3 is 15.5 Å². The van der Waals surface area contributed by atoms with Gasteiger partial charge in [0.05, 0.1) is 11.0 Å². The van der Waals surface area contributed by atoms with Crippen LogP contribution in [0, 0.1) is 0 Å². The van der Waals surface area contributed by atoms with E-state index >= 15 is 0 Å². The van der Waals surface area contributed by atoms with Crippen molar-refractivity contribution in [1.82, 2.24) is 9.55 Å². The molecule has 0 saturated carbocycles. The van der Waals surface area contributed by atoms with Crippen molar-refractivity contribution >= 4 is 27.5 Å². The number of aromatic nitrogens is 2. The number of hydrogen-bond donors (Lipinski definition) is 3. The third kappa shape index (κ3) is 3.56. The standard InChI is InChI=1S/C20H15N3O2.C2H6OS/c24-12-9-10-14(18(25)11-12)20-21-15-6-2-1-5-13(15)19-22-16-7-3-4-8-17(16)23(19)20;1-4(2)3/h1-11,20-21,24-25H;1-2H3/t20-;/m1./s1. The second-order valence-electron chi connectivity index (χ2n) is 6.87. The Balaban J connectivity index is 0.000000472. The Morgan fingerprint density at radius 1 is 1.00 bits per heavy atom. The molecule has 1 aliphatic heterocycles. The van der Waals surface area contributed by atoms with Crippen LogP contribution in [0.1, 0.15) is 11.7 Å². The molecular formula is C22H21N3O3S. The first-order valence-corrected chi connectivity index (χ1v) is 11.0. The number of phenols is 2. The molecule has 3 aromatic carbocycles. The summed E-state index contributed by atoms with van der Waals surface area (Å²) in [5.74, 6) is 0.932. The lowest BCUT2D eigenvalue weighted by Crippen LogP contribution is -2.24. The average Bonchev–Trinajstić information content (AvgIpc) is 3.07. The van der Waals surface area contributed by atoms with Gasteiger partial charge in [-0.3, -0.25) is 8.78 Å². The van der Waals surface area contributed by atoms with E-state index in [9.17, 15) is 14.4 Å². The summed E-state index contributed by atoms with van der Waals surface area (Å²) in [5, 5.41) is 23.5. The molecule has 0 saturated heterocycles. The first kappa shape index (κ1) is 19.0. The third-order valence-electron chi connectivity index (χ3n) is 4.62. The number of para-hydroxylation sites is 3. The maximum absolute atomic E-state index is 10.4. The average molecular weight is 407 g/mol. The van der Waals surface area contributed by atoms with E-state index in [-0.39, 0.29) is 17.7 Å². The zero-order valence-electron chi connectivity index (χ0n) is 16.0. The van der Waals surface area contributed by atoms with E-state index in [1.807, 2.05) is 48.5 Å². The molecule has 0 amide bonds. The normalized spacial score (nSPS) is 14.5. The Labute approximate surface area is 170 Å². The molecule has 1 atom stereocenters. The molecule has 0 aliphatic carbocycles. The molecule has 3 N–H and O–H groups in total. The first-order chi connectivity index (χ1) is 14.0. The number of benzene rings is 3. The predicted molar refractivity (Wildman–Crippen MR) is 117 cm³/mol. The van der Waals surface area contributed by atoms with Gasteiger partial charge in [-0.15, -0.1) is 0 Å². The van der Waals surface area contributed by atoms with E-state index in [2.05, 4.69) is 9.88 Å².